The molecule has 0 atom stereocenters. The molecule has 0 spiro atoms. The minimum absolute atomic E-state index is 0.117. The van der Waals surface area contributed by atoms with Crippen molar-refractivity contribution in [1.29, 1.82) is 0 Å². The molecule has 0 aliphatic carbocycles. The van der Waals surface area contributed by atoms with E-state index in [-0.39, 0.29) is 25.0 Å². The normalized spacial score (nSPS) is 15.9. The van der Waals surface area contributed by atoms with Crippen molar-refractivity contribution in [2.24, 2.45) is 0 Å². The summed E-state index contributed by atoms with van der Waals surface area (Å²) in [6, 6.07) is 8.64. The van der Waals surface area contributed by atoms with Crippen molar-refractivity contribution in [3.05, 3.63) is 58.8 Å². The monoisotopic (exact) mass is 470 g/mol. The largest absolute Gasteiger partial charge is 0.454 e. The number of ether oxygens (including phenoxy) is 2. The van der Waals surface area contributed by atoms with Crippen molar-refractivity contribution >= 4 is 52.1 Å². The number of thiocarbonyl (C=S) groups is 1. The smallest absolute Gasteiger partial charge is 0.271 e. The summed E-state index contributed by atoms with van der Waals surface area (Å²) in [4.78, 5) is 42.5. The Morgan fingerprint density at radius 1 is 1.22 bits per heavy atom. The molecular formula is C21H18N4O5S2. The first kappa shape index (κ1) is 21.8. The van der Waals surface area contributed by atoms with Gasteiger partial charge in [-0.25, -0.2) is 0 Å². The third-order valence-corrected chi connectivity index (χ3v) is 5.97. The van der Waals surface area contributed by atoms with Gasteiger partial charge in [0.1, 0.15) is 4.32 Å². The Morgan fingerprint density at radius 3 is 2.88 bits per heavy atom. The molecule has 164 valence electrons. The van der Waals surface area contributed by atoms with Crippen LogP contribution in [-0.4, -0.2) is 45.3 Å². The average Bonchev–Trinajstić information content (AvgIpc) is 3.37. The average molecular weight is 471 g/mol. The molecule has 32 heavy (non-hydrogen) atoms. The highest BCUT2D eigenvalue weighted by Crippen LogP contribution is 2.36. The zero-order valence-electron chi connectivity index (χ0n) is 16.7. The van der Waals surface area contributed by atoms with Crippen molar-refractivity contribution in [3.8, 4) is 11.5 Å². The van der Waals surface area contributed by atoms with Crippen LogP contribution >= 0.6 is 24.0 Å². The predicted octanol–water partition coefficient (Wildman–Crippen LogP) is 2.25. The van der Waals surface area contributed by atoms with Gasteiger partial charge in [-0.3, -0.25) is 35.1 Å². The van der Waals surface area contributed by atoms with E-state index in [2.05, 4.69) is 15.8 Å². The number of hydrogen-bond acceptors (Lipinski definition) is 8. The highest BCUT2D eigenvalue weighted by Gasteiger charge is 2.31. The van der Waals surface area contributed by atoms with Crippen LogP contribution in [0, 0.1) is 0 Å². The van der Waals surface area contributed by atoms with E-state index < -0.39 is 5.91 Å². The Bertz CT molecular complexity index is 1110. The van der Waals surface area contributed by atoms with Crippen molar-refractivity contribution < 1.29 is 23.9 Å². The summed E-state index contributed by atoms with van der Waals surface area (Å²) in [5.74, 6) is 0.268. The number of amides is 3. The third-order valence-electron chi connectivity index (χ3n) is 4.59. The first-order valence-electron chi connectivity index (χ1n) is 9.65. The molecule has 0 radical (unpaired) electrons. The minimum Gasteiger partial charge on any atom is -0.454 e. The van der Waals surface area contributed by atoms with Gasteiger partial charge in [-0.05, 0) is 42.3 Å². The van der Waals surface area contributed by atoms with E-state index in [1.807, 2.05) is 6.07 Å². The number of pyridine rings is 1. The molecule has 1 fully saturated rings. The van der Waals surface area contributed by atoms with E-state index in [0.717, 1.165) is 5.56 Å². The summed E-state index contributed by atoms with van der Waals surface area (Å²) >= 11 is 6.54. The van der Waals surface area contributed by atoms with Gasteiger partial charge in [0, 0.05) is 25.4 Å². The topological polar surface area (TPSA) is 110 Å². The maximum atomic E-state index is 12.7. The number of nitrogens with zero attached hydrogens (tertiary/aromatic N) is 2. The minimum atomic E-state index is -0.461. The molecule has 3 amide bonds. The fraction of sp³-hybridized carbons (Fsp3) is 0.190. The molecule has 0 unspecified atom stereocenters. The lowest BCUT2D eigenvalue weighted by Gasteiger charge is -2.14. The van der Waals surface area contributed by atoms with Gasteiger partial charge in [0.25, 0.3) is 11.8 Å². The van der Waals surface area contributed by atoms with E-state index >= 15 is 0 Å². The molecular weight excluding hydrogens is 452 g/mol. The number of thioether (sulfide) groups is 1. The lowest BCUT2D eigenvalue weighted by Crippen LogP contribution is -2.42. The zero-order chi connectivity index (χ0) is 22.5. The molecule has 2 aliphatic rings. The van der Waals surface area contributed by atoms with Gasteiger partial charge >= 0.3 is 0 Å². The van der Waals surface area contributed by atoms with E-state index in [4.69, 9.17) is 21.7 Å². The van der Waals surface area contributed by atoms with E-state index in [1.165, 1.54) is 22.9 Å². The quantitative estimate of drug-likeness (QED) is 0.376. The van der Waals surface area contributed by atoms with Crippen LogP contribution in [-0.2, 0) is 9.59 Å². The first-order chi connectivity index (χ1) is 15.5. The Hall–Kier alpha value is -3.44. The molecule has 3 heterocycles. The second-order valence-corrected chi connectivity index (χ2v) is 8.47. The Balaban J connectivity index is 1.26. The van der Waals surface area contributed by atoms with Gasteiger partial charge in [-0.1, -0.05) is 30.0 Å². The van der Waals surface area contributed by atoms with Crippen molar-refractivity contribution in [1.82, 2.24) is 20.7 Å². The van der Waals surface area contributed by atoms with Crippen LogP contribution in [0.1, 0.15) is 28.8 Å². The van der Waals surface area contributed by atoms with Crippen LogP contribution in [0.5, 0.6) is 11.5 Å². The summed E-state index contributed by atoms with van der Waals surface area (Å²) < 4.78 is 11.1. The van der Waals surface area contributed by atoms with Gasteiger partial charge < -0.3 is 9.47 Å². The van der Waals surface area contributed by atoms with Gasteiger partial charge in [0.2, 0.25) is 12.7 Å². The molecule has 1 aromatic heterocycles. The summed E-state index contributed by atoms with van der Waals surface area (Å²) in [5, 5.41) is 0. The number of nitrogens with one attached hydrogen (secondary N) is 2. The maximum Gasteiger partial charge on any atom is 0.271 e. The van der Waals surface area contributed by atoms with Crippen LogP contribution in [0.3, 0.4) is 0 Å². The fourth-order valence-corrected chi connectivity index (χ4v) is 4.31. The molecule has 9 nitrogen and oxygen atoms in total. The highest BCUT2D eigenvalue weighted by molar-refractivity contribution is 8.26. The Kier molecular flexibility index (Phi) is 6.66. The van der Waals surface area contributed by atoms with Gasteiger partial charge in [0.05, 0.1) is 10.5 Å². The number of rotatable bonds is 6. The maximum absolute atomic E-state index is 12.7. The van der Waals surface area contributed by atoms with Crippen LogP contribution in [0.25, 0.3) is 6.08 Å². The molecule has 0 saturated carbocycles. The summed E-state index contributed by atoms with van der Waals surface area (Å²) in [5.41, 5.74) is 5.82. The second kappa shape index (κ2) is 9.79. The van der Waals surface area contributed by atoms with Gasteiger partial charge in [0.15, 0.2) is 11.5 Å². The fourth-order valence-electron chi connectivity index (χ4n) is 3.00. The lowest BCUT2D eigenvalue weighted by atomic mass is 10.2. The van der Waals surface area contributed by atoms with Crippen molar-refractivity contribution in [2.75, 3.05) is 13.3 Å². The second-order valence-electron chi connectivity index (χ2n) is 6.79. The Morgan fingerprint density at radius 2 is 2.06 bits per heavy atom. The SMILES string of the molecule is O=C(CCCN1C(=O)/C(=C/c2ccc3c(c2)OCO3)SC1=S)NNC(=O)c1cccnc1. The molecule has 2 aromatic rings. The summed E-state index contributed by atoms with van der Waals surface area (Å²) in [6.45, 7) is 0.481. The summed E-state index contributed by atoms with van der Waals surface area (Å²) in [7, 11) is 0. The number of carbonyl (C=O) groups excluding carboxylic acids is 3. The molecule has 1 saturated heterocycles. The zero-order valence-corrected chi connectivity index (χ0v) is 18.3. The number of carbonyl (C=O) groups is 3. The molecule has 1 aromatic carbocycles. The Labute approximate surface area is 193 Å². The number of benzene rings is 1. The molecule has 4 rings (SSSR count). The standard InChI is InChI=1S/C21H18N4O5S2/c26-18(23-24-19(27)14-3-1-7-22-11-14)4-2-8-25-20(28)17(32-21(25)31)10-13-5-6-15-16(9-13)30-12-29-15/h1,3,5-7,9-11H,2,4,8,12H2,(H,23,26)(H,24,27)/b17-10-. The van der Waals surface area contributed by atoms with Crippen LogP contribution in [0.2, 0.25) is 0 Å². The molecule has 2 N–H and O–H groups in total. The van der Waals surface area contributed by atoms with Crippen LogP contribution < -0.4 is 20.3 Å². The van der Waals surface area contributed by atoms with Crippen LogP contribution in [0.4, 0.5) is 0 Å². The molecule has 11 heteroatoms. The third kappa shape index (κ3) is 5.06. The van der Waals surface area contributed by atoms with E-state index in [9.17, 15) is 14.4 Å². The number of fused-ring (bicyclic) bond motifs is 1. The predicted molar refractivity (Wildman–Crippen MR) is 122 cm³/mol. The first-order valence-corrected chi connectivity index (χ1v) is 10.9. The summed E-state index contributed by atoms with van der Waals surface area (Å²) in [6.07, 6.45) is 5.20. The highest BCUT2D eigenvalue weighted by atomic mass is 32.2. The number of aromatic nitrogens is 1. The van der Waals surface area contributed by atoms with E-state index in [1.54, 1.807) is 36.5 Å². The lowest BCUT2D eigenvalue weighted by molar-refractivity contribution is -0.124. The number of hydrogen-bond donors (Lipinski definition) is 2. The van der Waals surface area contributed by atoms with Gasteiger partial charge in [-0.15, -0.1) is 0 Å². The molecule has 2 aliphatic heterocycles. The van der Waals surface area contributed by atoms with E-state index in [0.29, 0.717) is 39.3 Å². The number of hydrazine groups is 1. The van der Waals surface area contributed by atoms with Gasteiger partial charge in [-0.2, -0.15) is 0 Å². The van der Waals surface area contributed by atoms with Crippen molar-refractivity contribution in [2.45, 2.75) is 12.8 Å². The van der Waals surface area contributed by atoms with Crippen molar-refractivity contribution in [3.63, 3.8) is 0 Å². The molecule has 0 bridgehead atoms. The van der Waals surface area contributed by atoms with Crippen LogP contribution in [0.15, 0.2) is 47.6 Å².